The minimum Gasteiger partial charge on any atom is -0.462 e. The van der Waals surface area contributed by atoms with Gasteiger partial charge >= 0.3 is 39.5 Å². The maximum atomic E-state index is 13.1. The van der Waals surface area contributed by atoms with Gasteiger partial charge in [0.25, 0.3) is 0 Å². The summed E-state index contributed by atoms with van der Waals surface area (Å²) in [6.07, 6.45) is 48.8. The Kier molecular flexibility index (Phi) is 63.1. The second kappa shape index (κ2) is 64.4. The predicted octanol–water partition coefficient (Wildman–Crippen LogP) is 21.7. The van der Waals surface area contributed by atoms with Crippen LogP contribution in [0.15, 0.2) is 0 Å². The highest BCUT2D eigenvalue weighted by atomic mass is 31.2. The maximum absolute atomic E-state index is 13.1. The summed E-state index contributed by atoms with van der Waals surface area (Å²) in [5.74, 6) is 0.879. The number of carbonyl (C=O) groups excluding carboxylic acids is 4. The zero-order chi connectivity index (χ0) is 69.6. The highest BCUT2D eigenvalue weighted by Gasteiger charge is 2.30. The molecule has 0 fully saturated rings. The van der Waals surface area contributed by atoms with E-state index in [1.54, 1.807) is 0 Å². The van der Waals surface area contributed by atoms with E-state index in [2.05, 4.69) is 55.4 Å². The lowest BCUT2D eigenvalue weighted by molar-refractivity contribution is -0.161. The molecule has 0 saturated heterocycles. The Balaban J connectivity index is 5.17. The SMILES string of the molecule is CCC(C)CCCCCCCCC(=O)OC[C@H](COP(=O)(O)OC[C@H](O)COP(=O)(O)OC[C@@H](COC(=O)CCCCCCCCCCCCC(C)C)OC(=O)CCCCCCCCCC(C)C)OC(=O)CCCCCCCCCCCCCCCCCCCCC(C)C. The van der Waals surface area contributed by atoms with E-state index in [9.17, 15) is 43.2 Å². The van der Waals surface area contributed by atoms with E-state index in [0.29, 0.717) is 31.6 Å². The number of rotatable bonds is 72. The van der Waals surface area contributed by atoms with E-state index < -0.39 is 97.5 Å². The summed E-state index contributed by atoms with van der Waals surface area (Å²) < 4.78 is 68.4. The van der Waals surface area contributed by atoms with Crippen molar-refractivity contribution >= 4 is 39.5 Å². The van der Waals surface area contributed by atoms with Crippen molar-refractivity contribution in [1.29, 1.82) is 0 Å². The lowest BCUT2D eigenvalue weighted by Gasteiger charge is -2.21. The predicted molar refractivity (Wildman–Crippen MR) is 381 cm³/mol. The minimum atomic E-state index is -4.96. The lowest BCUT2D eigenvalue weighted by Crippen LogP contribution is -2.30. The number of ether oxygens (including phenoxy) is 4. The smallest absolute Gasteiger partial charge is 0.462 e. The third-order valence-corrected chi connectivity index (χ3v) is 19.6. The van der Waals surface area contributed by atoms with Gasteiger partial charge in [-0.2, -0.15) is 0 Å². The second-order valence-electron chi connectivity index (χ2n) is 28.7. The molecule has 0 amide bonds. The van der Waals surface area contributed by atoms with Crippen LogP contribution in [-0.2, 0) is 65.4 Å². The number of carbonyl (C=O) groups is 4. The summed E-state index contributed by atoms with van der Waals surface area (Å²) in [5, 5.41) is 10.6. The Morgan fingerprint density at radius 3 is 0.755 bits per heavy atom. The van der Waals surface area contributed by atoms with Crippen LogP contribution in [0.4, 0.5) is 0 Å². The molecular formula is C75H146O17P2. The van der Waals surface area contributed by atoms with Gasteiger partial charge in [0, 0.05) is 25.7 Å². The molecule has 0 aliphatic rings. The largest absolute Gasteiger partial charge is 0.472 e. The first-order valence-corrected chi connectivity index (χ1v) is 41.7. The molecule has 0 bridgehead atoms. The van der Waals surface area contributed by atoms with Gasteiger partial charge in [-0.05, 0) is 49.4 Å². The topological polar surface area (TPSA) is 237 Å². The van der Waals surface area contributed by atoms with E-state index in [1.165, 1.54) is 173 Å². The standard InChI is InChI=1S/C75H146O17P2/c1-9-68(8)54-46-38-33-34-40-48-56-73(78)86-62-71(91-74(79)57-49-41-31-25-19-17-15-13-11-10-12-14-16-18-22-27-35-43-51-65(2)3)64-90-94(83,84)88-60-69(76)59-87-93(81,82)89-63-70(92-75(80)58-50-42-32-26-29-37-45-53-67(6)7)61-85-72(77)55-47-39-30-24-21-20-23-28-36-44-52-66(4)5/h65-71,76H,9-64H2,1-8H3,(H,81,82)(H,83,84)/t68?,69-,70-,71-/m1/s1. The fourth-order valence-corrected chi connectivity index (χ4v) is 12.9. The number of phosphoric ester groups is 2. The third-order valence-electron chi connectivity index (χ3n) is 17.7. The van der Waals surface area contributed by atoms with Gasteiger partial charge in [0.15, 0.2) is 12.2 Å². The summed E-state index contributed by atoms with van der Waals surface area (Å²) in [4.78, 5) is 72.7. The van der Waals surface area contributed by atoms with Crippen molar-refractivity contribution in [3.63, 3.8) is 0 Å². The average Bonchev–Trinajstić information content (AvgIpc) is 1.39. The number of hydrogen-bond acceptors (Lipinski definition) is 15. The number of aliphatic hydroxyl groups is 1. The Bertz CT molecular complexity index is 1850. The van der Waals surface area contributed by atoms with Crippen molar-refractivity contribution in [2.75, 3.05) is 39.6 Å². The van der Waals surface area contributed by atoms with Crippen LogP contribution in [0.3, 0.4) is 0 Å². The van der Waals surface area contributed by atoms with Gasteiger partial charge in [-0.25, -0.2) is 9.13 Å². The molecule has 0 heterocycles. The summed E-state index contributed by atoms with van der Waals surface area (Å²) in [6.45, 7) is 14.1. The second-order valence-corrected chi connectivity index (χ2v) is 31.6. The van der Waals surface area contributed by atoms with Crippen LogP contribution in [0.25, 0.3) is 0 Å². The van der Waals surface area contributed by atoms with Crippen LogP contribution in [0.5, 0.6) is 0 Å². The van der Waals surface area contributed by atoms with Crippen molar-refractivity contribution in [2.24, 2.45) is 23.7 Å². The molecule has 0 aliphatic heterocycles. The van der Waals surface area contributed by atoms with Crippen molar-refractivity contribution in [2.45, 2.75) is 395 Å². The van der Waals surface area contributed by atoms with Gasteiger partial charge < -0.3 is 33.8 Å². The number of unbranched alkanes of at least 4 members (excludes halogenated alkanes) is 37. The van der Waals surface area contributed by atoms with Gasteiger partial charge in [-0.15, -0.1) is 0 Å². The number of aliphatic hydroxyl groups excluding tert-OH is 1. The van der Waals surface area contributed by atoms with Gasteiger partial charge in [-0.3, -0.25) is 37.3 Å². The lowest BCUT2D eigenvalue weighted by atomic mass is 10.00. The van der Waals surface area contributed by atoms with Crippen molar-refractivity contribution in [3.05, 3.63) is 0 Å². The normalized spacial score (nSPS) is 14.4. The van der Waals surface area contributed by atoms with Crippen molar-refractivity contribution in [1.82, 2.24) is 0 Å². The monoisotopic (exact) mass is 1380 g/mol. The fourth-order valence-electron chi connectivity index (χ4n) is 11.3. The average molecular weight is 1380 g/mol. The van der Waals surface area contributed by atoms with Crippen LogP contribution in [0.1, 0.15) is 376 Å². The Hall–Kier alpha value is -1.94. The molecule has 0 radical (unpaired) electrons. The summed E-state index contributed by atoms with van der Waals surface area (Å²) in [5.41, 5.74) is 0. The molecule has 0 aromatic rings. The maximum Gasteiger partial charge on any atom is 0.472 e. The van der Waals surface area contributed by atoms with Crippen molar-refractivity contribution < 1.29 is 80.2 Å². The molecule has 0 aromatic heterocycles. The van der Waals surface area contributed by atoms with Crippen LogP contribution in [-0.4, -0.2) is 96.7 Å². The van der Waals surface area contributed by atoms with Crippen molar-refractivity contribution in [3.8, 4) is 0 Å². The van der Waals surface area contributed by atoms with Gasteiger partial charge in [-0.1, -0.05) is 325 Å². The fraction of sp³-hybridized carbons (Fsp3) is 0.947. The van der Waals surface area contributed by atoms with Crippen LogP contribution in [0.2, 0.25) is 0 Å². The van der Waals surface area contributed by atoms with Crippen LogP contribution < -0.4 is 0 Å². The number of hydrogen-bond donors (Lipinski definition) is 3. The highest BCUT2D eigenvalue weighted by molar-refractivity contribution is 7.47. The molecule has 3 N–H and O–H groups in total. The van der Waals surface area contributed by atoms with E-state index in [0.717, 1.165) is 114 Å². The van der Waals surface area contributed by atoms with Gasteiger partial charge in [0.05, 0.1) is 26.4 Å². The molecule has 0 spiro atoms. The zero-order valence-corrected chi connectivity index (χ0v) is 63.4. The molecule has 558 valence electrons. The molecule has 0 aromatic carbocycles. The number of phosphoric acid groups is 2. The van der Waals surface area contributed by atoms with Crippen LogP contribution >= 0.6 is 15.6 Å². The van der Waals surface area contributed by atoms with Gasteiger partial charge in [0.1, 0.15) is 19.3 Å². The first-order chi connectivity index (χ1) is 45.1. The highest BCUT2D eigenvalue weighted by Crippen LogP contribution is 2.45. The molecule has 94 heavy (non-hydrogen) atoms. The molecule has 6 atom stereocenters. The van der Waals surface area contributed by atoms with E-state index in [4.69, 9.17) is 37.0 Å². The van der Waals surface area contributed by atoms with E-state index in [1.807, 2.05) is 0 Å². The Morgan fingerprint density at radius 1 is 0.298 bits per heavy atom. The Labute approximate surface area is 575 Å². The zero-order valence-electron chi connectivity index (χ0n) is 61.6. The third kappa shape index (κ3) is 67.3. The summed E-state index contributed by atoms with van der Waals surface area (Å²) in [7, 11) is -9.91. The molecule has 0 saturated carbocycles. The van der Waals surface area contributed by atoms with E-state index >= 15 is 0 Å². The Morgan fingerprint density at radius 2 is 0.511 bits per heavy atom. The minimum absolute atomic E-state index is 0.103. The van der Waals surface area contributed by atoms with E-state index in [-0.39, 0.29) is 25.7 Å². The quantitative estimate of drug-likeness (QED) is 0.0222. The first-order valence-electron chi connectivity index (χ1n) is 38.7. The van der Waals surface area contributed by atoms with Gasteiger partial charge in [0.2, 0.25) is 0 Å². The molecule has 3 unspecified atom stereocenters. The molecule has 0 aliphatic carbocycles. The summed E-state index contributed by atoms with van der Waals surface area (Å²) in [6, 6.07) is 0. The number of esters is 4. The molecule has 17 nitrogen and oxygen atoms in total. The molecule has 19 heteroatoms. The van der Waals surface area contributed by atoms with Crippen LogP contribution in [0, 0.1) is 23.7 Å². The first kappa shape index (κ1) is 92.1. The molecule has 0 rings (SSSR count). The molecular weight excluding hydrogens is 1230 g/mol. The summed E-state index contributed by atoms with van der Waals surface area (Å²) >= 11 is 0.